The zero-order chi connectivity index (χ0) is 24.1. The Morgan fingerprint density at radius 3 is 2.60 bits per heavy atom. The number of nitrogens with one attached hydrogen (secondary N) is 1. The first-order chi connectivity index (χ1) is 17.0. The quantitative estimate of drug-likeness (QED) is 0.405. The van der Waals surface area contributed by atoms with Crippen molar-refractivity contribution in [3.05, 3.63) is 95.2 Å². The highest BCUT2D eigenvalue weighted by Crippen LogP contribution is 2.45. The van der Waals surface area contributed by atoms with Gasteiger partial charge in [-0.2, -0.15) is 0 Å². The van der Waals surface area contributed by atoms with Gasteiger partial charge in [0.15, 0.2) is 16.6 Å². The van der Waals surface area contributed by atoms with E-state index in [2.05, 4.69) is 56.8 Å². The van der Waals surface area contributed by atoms with Crippen LogP contribution in [-0.4, -0.2) is 26.4 Å². The lowest BCUT2D eigenvalue weighted by Crippen LogP contribution is -2.29. The van der Waals surface area contributed by atoms with Crippen molar-refractivity contribution in [1.29, 1.82) is 0 Å². The molecule has 1 saturated heterocycles. The number of anilines is 1. The van der Waals surface area contributed by atoms with Crippen molar-refractivity contribution in [2.24, 2.45) is 0 Å². The largest absolute Gasteiger partial charge is 0.454 e. The van der Waals surface area contributed by atoms with E-state index in [4.69, 9.17) is 21.7 Å². The molecule has 0 saturated carbocycles. The fraction of sp³-hybridized carbons (Fsp3) is 0.222. The Balaban J connectivity index is 1.51. The van der Waals surface area contributed by atoms with E-state index in [-0.39, 0.29) is 18.9 Å². The van der Waals surface area contributed by atoms with E-state index in [1.807, 2.05) is 55.7 Å². The zero-order valence-electron chi connectivity index (χ0n) is 19.7. The van der Waals surface area contributed by atoms with E-state index in [9.17, 15) is 0 Å². The maximum atomic E-state index is 5.89. The summed E-state index contributed by atoms with van der Waals surface area (Å²) in [6.45, 7) is 6.52. The highest BCUT2D eigenvalue weighted by molar-refractivity contribution is 7.80. The molecule has 5 heterocycles. The Labute approximate surface area is 209 Å². The minimum atomic E-state index is -0.131. The predicted octanol–water partition coefficient (Wildman–Crippen LogP) is 5.10. The van der Waals surface area contributed by atoms with Gasteiger partial charge in [-0.1, -0.05) is 12.1 Å². The Hall–Kier alpha value is -3.91. The number of rotatable bonds is 4. The molecule has 1 fully saturated rings. The van der Waals surface area contributed by atoms with Gasteiger partial charge < -0.3 is 24.3 Å². The van der Waals surface area contributed by atoms with Gasteiger partial charge in [0.25, 0.3) is 0 Å². The lowest BCUT2D eigenvalue weighted by molar-refractivity contribution is 0.174. The van der Waals surface area contributed by atoms with Crippen LogP contribution in [0.3, 0.4) is 0 Å². The van der Waals surface area contributed by atoms with Gasteiger partial charge in [-0.15, -0.1) is 0 Å². The molecule has 4 aromatic rings. The van der Waals surface area contributed by atoms with Crippen LogP contribution in [-0.2, 0) is 0 Å². The van der Waals surface area contributed by atoms with E-state index in [0.29, 0.717) is 5.11 Å². The molecule has 0 amide bonds. The molecule has 7 nitrogen and oxygen atoms in total. The maximum Gasteiger partial charge on any atom is 0.231 e. The van der Waals surface area contributed by atoms with Gasteiger partial charge in [0.2, 0.25) is 6.79 Å². The van der Waals surface area contributed by atoms with Crippen molar-refractivity contribution in [2.75, 3.05) is 11.7 Å². The molecule has 6 rings (SSSR count). The molecule has 1 aromatic carbocycles. The van der Waals surface area contributed by atoms with Crippen molar-refractivity contribution < 1.29 is 9.47 Å². The molecule has 0 radical (unpaired) electrons. The van der Waals surface area contributed by atoms with E-state index in [1.54, 1.807) is 0 Å². The summed E-state index contributed by atoms with van der Waals surface area (Å²) >= 11 is 5.89. The summed E-state index contributed by atoms with van der Waals surface area (Å²) < 4.78 is 13.4. The third kappa shape index (κ3) is 3.61. The molecular formula is C27H25N5O2S. The van der Waals surface area contributed by atoms with Crippen LogP contribution in [0.5, 0.6) is 11.5 Å². The van der Waals surface area contributed by atoms with E-state index >= 15 is 0 Å². The smallest absolute Gasteiger partial charge is 0.231 e. The summed E-state index contributed by atoms with van der Waals surface area (Å²) in [5.41, 5.74) is 6.38. The van der Waals surface area contributed by atoms with Gasteiger partial charge in [-0.05, 0) is 80.5 Å². The molecule has 176 valence electrons. The average molecular weight is 484 g/mol. The van der Waals surface area contributed by atoms with Crippen molar-refractivity contribution >= 4 is 23.0 Å². The maximum absolute atomic E-state index is 5.89. The lowest BCUT2D eigenvalue weighted by atomic mass is 9.96. The molecule has 35 heavy (non-hydrogen) atoms. The molecule has 2 aliphatic heterocycles. The van der Waals surface area contributed by atoms with Crippen LogP contribution in [0.1, 0.15) is 40.3 Å². The first-order valence-corrected chi connectivity index (χ1v) is 11.9. The summed E-state index contributed by atoms with van der Waals surface area (Å²) in [5.74, 6) is 2.36. The normalized spacial score (nSPS) is 18.7. The molecule has 2 unspecified atom stereocenters. The molecule has 0 aliphatic carbocycles. The molecule has 1 N–H and O–H groups in total. The Morgan fingerprint density at radius 1 is 0.971 bits per heavy atom. The first kappa shape index (κ1) is 21.6. The molecule has 0 spiro atoms. The van der Waals surface area contributed by atoms with Gasteiger partial charge in [0.1, 0.15) is 5.82 Å². The second-order valence-electron chi connectivity index (χ2n) is 8.89. The second-order valence-corrected chi connectivity index (χ2v) is 9.28. The molecular weight excluding hydrogens is 458 g/mol. The molecule has 2 atom stereocenters. The van der Waals surface area contributed by atoms with Gasteiger partial charge in [0.05, 0.1) is 17.8 Å². The van der Waals surface area contributed by atoms with Crippen molar-refractivity contribution in [3.63, 3.8) is 0 Å². The number of fused-ring (bicyclic) bond motifs is 1. The number of aryl methyl sites for hydroxylation is 2. The van der Waals surface area contributed by atoms with Crippen LogP contribution in [0.25, 0.3) is 5.82 Å². The third-order valence-electron chi connectivity index (χ3n) is 6.65. The number of aromatic nitrogens is 3. The number of benzene rings is 1. The zero-order valence-corrected chi connectivity index (χ0v) is 20.5. The summed E-state index contributed by atoms with van der Waals surface area (Å²) in [6, 6.07) is 18.0. The highest BCUT2D eigenvalue weighted by Gasteiger charge is 2.42. The number of ether oxygens (including phenoxy) is 2. The highest BCUT2D eigenvalue weighted by atomic mass is 32.1. The minimum absolute atomic E-state index is 0.122. The van der Waals surface area contributed by atoms with Crippen LogP contribution in [0, 0.1) is 20.8 Å². The minimum Gasteiger partial charge on any atom is -0.454 e. The monoisotopic (exact) mass is 483 g/mol. The number of hydrogen-bond donors (Lipinski definition) is 1. The fourth-order valence-corrected chi connectivity index (χ4v) is 5.36. The predicted molar refractivity (Wildman–Crippen MR) is 138 cm³/mol. The molecule has 8 heteroatoms. The average Bonchev–Trinajstić information content (AvgIpc) is 3.55. The Morgan fingerprint density at radius 2 is 1.83 bits per heavy atom. The van der Waals surface area contributed by atoms with E-state index < -0.39 is 0 Å². The summed E-state index contributed by atoms with van der Waals surface area (Å²) in [7, 11) is 0. The van der Waals surface area contributed by atoms with E-state index in [1.165, 1.54) is 0 Å². The van der Waals surface area contributed by atoms with E-state index in [0.717, 1.165) is 51.2 Å². The fourth-order valence-electron chi connectivity index (χ4n) is 5.02. The topological polar surface area (TPSA) is 64.4 Å². The SMILES string of the molecule is Cc1ccc(-n2c(C)cc(C3C(c4ccccn4)NC(=S)N3c3ccc4c(c3)OCO4)c2C)nc1. The van der Waals surface area contributed by atoms with Crippen LogP contribution in [0.15, 0.2) is 67.0 Å². The first-order valence-electron chi connectivity index (χ1n) is 11.5. The van der Waals surface area contributed by atoms with Gasteiger partial charge in [0, 0.05) is 35.5 Å². The standard InChI is InChI=1S/C27H25N5O2S/c1-16-7-10-24(29-14-16)31-17(2)12-20(18(31)3)26-25(21-6-4-5-11-28-21)30-27(35)32(26)19-8-9-22-23(13-19)34-15-33-22/h4-14,25-26H,15H2,1-3H3,(H,30,35). The van der Waals surface area contributed by atoms with Gasteiger partial charge >= 0.3 is 0 Å². The number of thiocarbonyl (C=S) groups is 1. The summed E-state index contributed by atoms with van der Waals surface area (Å²) in [5, 5.41) is 4.18. The van der Waals surface area contributed by atoms with Crippen molar-refractivity contribution in [2.45, 2.75) is 32.9 Å². The number of hydrogen-bond acceptors (Lipinski definition) is 5. The van der Waals surface area contributed by atoms with Crippen LogP contribution in [0.4, 0.5) is 5.69 Å². The van der Waals surface area contributed by atoms with Gasteiger partial charge in [-0.25, -0.2) is 4.98 Å². The third-order valence-corrected chi connectivity index (χ3v) is 6.96. The Bertz CT molecular complexity index is 1420. The number of pyridine rings is 2. The molecule has 0 bridgehead atoms. The summed E-state index contributed by atoms with van der Waals surface area (Å²) in [4.78, 5) is 11.5. The second kappa shape index (κ2) is 8.39. The molecule has 3 aromatic heterocycles. The molecule has 2 aliphatic rings. The Kier molecular flexibility index (Phi) is 5.18. The van der Waals surface area contributed by atoms with Crippen LogP contribution in [0.2, 0.25) is 0 Å². The van der Waals surface area contributed by atoms with Crippen LogP contribution >= 0.6 is 12.2 Å². The summed E-state index contributed by atoms with van der Waals surface area (Å²) in [6.07, 6.45) is 3.72. The lowest BCUT2D eigenvalue weighted by Gasteiger charge is -2.28. The van der Waals surface area contributed by atoms with Crippen LogP contribution < -0.4 is 19.7 Å². The van der Waals surface area contributed by atoms with Crippen molar-refractivity contribution in [3.8, 4) is 17.3 Å². The number of nitrogens with zero attached hydrogens (tertiary/aromatic N) is 4. The van der Waals surface area contributed by atoms with Crippen molar-refractivity contribution in [1.82, 2.24) is 19.9 Å². The van der Waals surface area contributed by atoms with Gasteiger partial charge in [-0.3, -0.25) is 4.98 Å².